The summed E-state index contributed by atoms with van der Waals surface area (Å²) in [7, 11) is 0. The highest BCUT2D eigenvalue weighted by Gasteiger charge is 2.30. The monoisotopic (exact) mass is 396 g/mol. The molecule has 150 valence electrons. The first kappa shape index (κ1) is 17.7. The minimum absolute atomic E-state index is 0.564. The third-order valence-corrected chi connectivity index (χ3v) is 6.05. The SMILES string of the molecule is c1ccc(CNc2nc(-n3c(C4CC4)cc4ccccc43)nc3c2COCC3)cc1. The van der Waals surface area contributed by atoms with E-state index in [1.54, 1.807) is 0 Å². The van der Waals surface area contributed by atoms with Crippen LogP contribution in [0.15, 0.2) is 60.7 Å². The highest BCUT2D eigenvalue weighted by Crippen LogP contribution is 2.43. The molecule has 0 unspecified atom stereocenters. The highest BCUT2D eigenvalue weighted by molar-refractivity contribution is 5.83. The summed E-state index contributed by atoms with van der Waals surface area (Å²) in [4.78, 5) is 10.0. The highest BCUT2D eigenvalue weighted by atomic mass is 16.5. The largest absolute Gasteiger partial charge is 0.376 e. The molecule has 1 saturated carbocycles. The zero-order chi connectivity index (χ0) is 19.9. The van der Waals surface area contributed by atoms with Gasteiger partial charge in [0.05, 0.1) is 24.4 Å². The Morgan fingerprint density at radius 1 is 1.00 bits per heavy atom. The second-order valence-corrected chi connectivity index (χ2v) is 8.18. The number of benzene rings is 2. The van der Waals surface area contributed by atoms with Gasteiger partial charge in [-0.15, -0.1) is 0 Å². The molecule has 5 nitrogen and oxygen atoms in total. The van der Waals surface area contributed by atoms with Gasteiger partial charge < -0.3 is 10.1 Å². The van der Waals surface area contributed by atoms with Crippen molar-refractivity contribution < 1.29 is 4.74 Å². The molecule has 1 aliphatic heterocycles. The van der Waals surface area contributed by atoms with Gasteiger partial charge in [0.15, 0.2) is 0 Å². The molecule has 3 heterocycles. The third kappa shape index (κ3) is 3.15. The van der Waals surface area contributed by atoms with E-state index in [1.165, 1.54) is 35.0 Å². The zero-order valence-corrected chi connectivity index (χ0v) is 16.8. The molecule has 1 N–H and O–H groups in total. The van der Waals surface area contributed by atoms with Crippen LogP contribution in [0.2, 0.25) is 0 Å². The number of fused-ring (bicyclic) bond motifs is 2. The lowest BCUT2D eigenvalue weighted by Gasteiger charge is -2.21. The van der Waals surface area contributed by atoms with Crippen LogP contribution in [0.25, 0.3) is 16.9 Å². The van der Waals surface area contributed by atoms with Gasteiger partial charge >= 0.3 is 0 Å². The maximum atomic E-state index is 5.73. The third-order valence-electron chi connectivity index (χ3n) is 6.05. The predicted molar refractivity (Wildman–Crippen MR) is 118 cm³/mol. The zero-order valence-electron chi connectivity index (χ0n) is 16.8. The van der Waals surface area contributed by atoms with Gasteiger partial charge in [0.2, 0.25) is 5.95 Å². The molecule has 0 atom stereocenters. The quantitative estimate of drug-likeness (QED) is 0.517. The predicted octanol–water partition coefficient (Wildman–Crippen LogP) is 4.98. The van der Waals surface area contributed by atoms with Gasteiger partial charge in [0.25, 0.3) is 0 Å². The van der Waals surface area contributed by atoms with Crippen LogP contribution in [0.3, 0.4) is 0 Å². The molecule has 6 rings (SSSR count). The molecule has 0 spiro atoms. The van der Waals surface area contributed by atoms with Crippen molar-refractivity contribution in [1.82, 2.24) is 14.5 Å². The molecular weight excluding hydrogens is 372 g/mol. The molecule has 0 amide bonds. The van der Waals surface area contributed by atoms with E-state index in [-0.39, 0.29) is 0 Å². The number of aromatic nitrogens is 3. The summed E-state index contributed by atoms with van der Waals surface area (Å²) < 4.78 is 8.01. The lowest BCUT2D eigenvalue weighted by Crippen LogP contribution is -2.19. The number of anilines is 1. The molecular formula is C25H24N4O. The summed E-state index contributed by atoms with van der Waals surface area (Å²) in [5, 5.41) is 4.81. The van der Waals surface area contributed by atoms with Crippen LogP contribution in [0.1, 0.15) is 41.3 Å². The lowest BCUT2D eigenvalue weighted by atomic mass is 10.1. The Bertz CT molecular complexity index is 1210. The fraction of sp³-hybridized carbons (Fsp3) is 0.280. The smallest absolute Gasteiger partial charge is 0.236 e. The molecule has 30 heavy (non-hydrogen) atoms. The molecule has 2 aromatic heterocycles. The Morgan fingerprint density at radius 2 is 1.83 bits per heavy atom. The Kier molecular flexibility index (Phi) is 4.27. The first-order valence-electron chi connectivity index (χ1n) is 10.7. The van der Waals surface area contributed by atoms with Crippen LogP contribution < -0.4 is 5.32 Å². The number of nitrogens with zero attached hydrogens (tertiary/aromatic N) is 3. The second-order valence-electron chi connectivity index (χ2n) is 8.18. The number of para-hydroxylation sites is 1. The van der Waals surface area contributed by atoms with E-state index in [9.17, 15) is 0 Å². The van der Waals surface area contributed by atoms with Crippen LogP contribution in [-0.2, 0) is 24.3 Å². The second kappa shape index (κ2) is 7.26. The van der Waals surface area contributed by atoms with Gasteiger partial charge in [-0.25, -0.2) is 4.98 Å². The molecule has 1 aliphatic carbocycles. The number of rotatable bonds is 5. The average Bonchev–Trinajstić information content (AvgIpc) is 3.58. The van der Waals surface area contributed by atoms with Gasteiger partial charge in [-0.2, -0.15) is 4.98 Å². The molecule has 4 aromatic rings. The maximum Gasteiger partial charge on any atom is 0.236 e. The summed E-state index contributed by atoms with van der Waals surface area (Å²) in [6.45, 7) is 2.00. The van der Waals surface area contributed by atoms with Crippen molar-refractivity contribution in [1.29, 1.82) is 0 Å². The molecule has 0 saturated heterocycles. The van der Waals surface area contributed by atoms with Crippen molar-refractivity contribution in [3.8, 4) is 5.95 Å². The number of hydrogen-bond acceptors (Lipinski definition) is 4. The van der Waals surface area contributed by atoms with E-state index in [2.05, 4.69) is 64.5 Å². The van der Waals surface area contributed by atoms with E-state index in [1.807, 2.05) is 6.07 Å². The van der Waals surface area contributed by atoms with E-state index in [0.29, 0.717) is 19.1 Å². The lowest BCUT2D eigenvalue weighted by molar-refractivity contribution is 0.109. The van der Waals surface area contributed by atoms with Crippen LogP contribution >= 0.6 is 0 Å². The van der Waals surface area contributed by atoms with Crippen molar-refractivity contribution >= 4 is 16.7 Å². The standard InChI is InChI=1S/C25H24N4O/c1-2-6-17(7-3-1)15-26-24-20-16-30-13-12-21(20)27-25(28-24)29-22-9-5-4-8-19(22)14-23(29)18-10-11-18/h1-9,14,18H,10-13,15-16H2,(H,26,27,28). The van der Waals surface area contributed by atoms with Crippen molar-refractivity contribution in [2.75, 3.05) is 11.9 Å². The Hall–Kier alpha value is -3.18. The van der Waals surface area contributed by atoms with Crippen molar-refractivity contribution in [2.45, 2.75) is 38.3 Å². The van der Waals surface area contributed by atoms with Crippen molar-refractivity contribution in [2.24, 2.45) is 0 Å². The molecule has 1 fully saturated rings. The Morgan fingerprint density at radius 3 is 2.70 bits per heavy atom. The normalized spacial score (nSPS) is 15.9. The topological polar surface area (TPSA) is 52.0 Å². The number of nitrogens with one attached hydrogen (secondary N) is 1. The van der Waals surface area contributed by atoms with Crippen molar-refractivity contribution in [3.05, 3.63) is 83.2 Å². The van der Waals surface area contributed by atoms with Gasteiger partial charge in [-0.05, 0) is 36.5 Å². The molecule has 0 bridgehead atoms. The van der Waals surface area contributed by atoms with E-state index >= 15 is 0 Å². The molecule has 0 radical (unpaired) electrons. The summed E-state index contributed by atoms with van der Waals surface area (Å²) in [6, 6.07) is 21.3. The minimum Gasteiger partial charge on any atom is -0.376 e. The summed E-state index contributed by atoms with van der Waals surface area (Å²) in [5.41, 5.74) is 5.93. The van der Waals surface area contributed by atoms with E-state index < -0.39 is 0 Å². The van der Waals surface area contributed by atoms with Crippen LogP contribution in [0, 0.1) is 0 Å². The van der Waals surface area contributed by atoms with E-state index in [4.69, 9.17) is 14.7 Å². The fourth-order valence-corrected chi connectivity index (χ4v) is 4.33. The van der Waals surface area contributed by atoms with Crippen LogP contribution in [0.5, 0.6) is 0 Å². The Labute approximate surface area is 175 Å². The van der Waals surface area contributed by atoms with Crippen LogP contribution in [0.4, 0.5) is 5.82 Å². The summed E-state index contributed by atoms with van der Waals surface area (Å²) in [6.07, 6.45) is 3.31. The summed E-state index contributed by atoms with van der Waals surface area (Å²) >= 11 is 0. The van der Waals surface area contributed by atoms with Crippen molar-refractivity contribution in [3.63, 3.8) is 0 Å². The molecule has 5 heteroatoms. The summed E-state index contributed by atoms with van der Waals surface area (Å²) in [5.74, 6) is 2.27. The van der Waals surface area contributed by atoms with Gasteiger partial charge in [0, 0.05) is 29.6 Å². The first-order valence-corrected chi connectivity index (χ1v) is 10.7. The molecule has 2 aromatic carbocycles. The van der Waals surface area contributed by atoms with Gasteiger partial charge in [-0.3, -0.25) is 4.57 Å². The van der Waals surface area contributed by atoms with Gasteiger partial charge in [0.1, 0.15) is 5.82 Å². The maximum absolute atomic E-state index is 5.73. The average molecular weight is 396 g/mol. The molecule has 2 aliphatic rings. The van der Waals surface area contributed by atoms with Gasteiger partial charge in [-0.1, -0.05) is 48.5 Å². The first-order chi connectivity index (χ1) is 14.9. The number of ether oxygens (including phenoxy) is 1. The van der Waals surface area contributed by atoms with E-state index in [0.717, 1.165) is 36.0 Å². The Balaban J connectivity index is 1.47. The number of hydrogen-bond donors (Lipinski definition) is 1. The minimum atomic E-state index is 0.564. The fourth-order valence-electron chi connectivity index (χ4n) is 4.33. The van der Waals surface area contributed by atoms with Crippen LogP contribution in [-0.4, -0.2) is 21.1 Å².